The van der Waals surface area contributed by atoms with Crippen molar-refractivity contribution < 1.29 is 0 Å². The Balaban J connectivity index is 1.65. The van der Waals surface area contributed by atoms with Crippen molar-refractivity contribution in [2.75, 3.05) is 5.75 Å². The Kier molecular flexibility index (Phi) is 23.5. The van der Waals surface area contributed by atoms with E-state index in [1.165, 1.54) is 147 Å². The summed E-state index contributed by atoms with van der Waals surface area (Å²) in [5.74, 6) is 1.22. The van der Waals surface area contributed by atoms with E-state index in [0.29, 0.717) is 0 Å². The van der Waals surface area contributed by atoms with Crippen molar-refractivity contribution >= 4 is 45.1 Å². The monoisotopic (exact) mass is 518 g/mol. The van der Waals surface area contributed by atoms with Gasteiger partial charge in [0.15, 0.2) is 8.29 Å². The molecule has 1 aromatic heterocycles. The molecule has 1 heterocycles. The summed E-state index contributed by atoms with van der Waals surface area (Å²) >= 11 is 6.62. The minimum atomic E-state index is 0.775. The predicted octanol–water partition coefficient (Wildman–Crippen LogP) is 11.5. The van der Waals surface area contributed by atoms with Crippen molar-refractivity contribution in [2.24, 2.45) is 0 Å². The highest BCUT2D eigenvalue weighted by Crippen LogP contribution is 2.32. The highest BCUT2D eigenvalue weighted by Gasteiger charge is 1.99. The molecule has 2 nitrogen and oxygen atoms in total. The number of aromatic nitrogens is 2. The Morgan fingerprint density at radius 2 is 1.00 bits per heavy atom. The van der Waals surface area contributed by atoms with Gasteiger partial charge in [0.05, 0.1) is 0 Å². The van der Waals surface area contributed by atoms with Crippen LogP contribution in [0, 0.1) is 3.95 Å². The van der Waals surface area contributed by atoms with E-state index >= 15 is 0 Å². The fourth-order valence-corrected chi connectivity index (χ4v) is 7.63. The molecular formula is C26H50N2S4. The lowest BCUT2D eigenvalue weighted by Gasteiger charge is -2.04. The van der Waals surface area contributed by atoms with E-state index < -0.39 is 0 Å². The van der Waals surface area contributed by atoms with Crippen LogP contribution in [-0.4, -0.2) is 16.0 Å². The number of H-pyrrole nitrogens is 1. The van der Waals surface area contributed by atoms with E-state index in [-0.39, 0.29) is 0 Å². The van der Waals surface area contributed by atoms with Crippen molar-refractivity contribution in [2.45, 2.75) is 153 Å². The molecule has 0 saturated carbocycles. The standard InChI is InChI=1S/C26H50N2S4/c1-2-3-4-5-6-7-8-9-10-11-12-13-14-15-16-17-18-19-20-21-22-23-24-30-32-26-28-27-25(29)31-26/h2-24H2,1H3,(H,27,29). The van der Waals surface area contributed by atoms with Gasteiger partial charge in [-0.05, 0) is 29.4 Å². The van der Waals surface area contributed by atoms with Crippen LogP contribution >= 0.6 is 45.1 Å². The zero-order valence-corrected chi connectivity index (χ0v) is 24.1. The molecule has 0 aliphatic rings. The molecule has 6 heteroatoms. The first kappa shape index (κ1) is 30.5. The Labute approximate surface area is 216 Å². The molecule has 1 aromatic rings. The van der Waals surface area contributed by atoms with Crippen molar-refractivity contribution in [1.82, 2.24) is 10.2 Å². The zero-order valence-electron chi connectivity index (χ0n) is 20.8. The molecule has 32 heavy (non-hydrogen) atoms. The molecule has 188 valence electrons. The summed E-state index contributed by atoms with van der Waals surface area (Å²) < 4.78 is 1.83. The van der Waals surface area contributed by atoms with Gasteiger partial charge < -0.3 is 0 Å². The number of hydrogen-bond acceptors (Lipinski definition) is 5. The molecule has 0 fully saturated rings. The number of aromatic amines is 1. The first-order chi connectivity index (χ1) is 15.8. The third kappa shape index (κ3) is 21.0. The Morgan fingerprint density at radius 3 is 1.34 bits per heavy atom. The van der Waals surface area contributed by atoms with Crippen LogP contribution in [0.1, 0.15) is 148 Å². The highest BCUT2D eigenvalue weighted by molar-refractivity contribution is 8.77. The fourth-order valence-electron chi connectivity index (χ4n) is 4.11. The van der Waals surface area contributed by atoms with E-state index in [1.54, 1.807) is 22.1 Å². The number of nitrogens with one attached hydrogen (secondary N) is 1. The summed E-state index contributed by atoms with van der Waals surface area (Å²) in [6, 6.07) is 0. The van der Waals surface area contributed by atoms with Gasteiger partial charge in [-0.2, -0.15) is 5.10 Å². The maximum atomic E-state index is 5.05. The Hall–Kier alpha value is 0.480. The average Bonchev–Trinajstić information content (AvgIpc) is 3.21. The topological polar surface area (TPSA) is 28.7 Å². The highest BCUT2D eigenvalue weighted by atomic mass is 33.1. The van der Waals surface area contributed by atoms with E-state index in [1.807, 2.05) is 10.8 Å². The molecule has 0 radical (unpaired) electrons. The third-order valence-corrected chi connectivity index (χ3v) is 9.96. The lowest BCUT2D eigenvalue weighted by molar-refractivity contribution is 0.520. The molecule has 0 aromatic carbocycles. The second-order valence-electron chi connectivity index (χ2n) is 9.21. The Bertz CT molecular complexity index is 544. The van der Waals surface area contributed by atoms with E-state index in [0.717, 1.165) is 8.29 Å². The van der Waals surface area contributed by atoms with E-state index in [2.05, 4.69) is 17.1 Å². The van der Waals surface area contributed by atoms with Crippen LogP contribution in [0.5, 0.6) is 0 Å². The SMILES string of the molecule is CCCCCCCCCCCCCCCCCCCCCCCCSSc1n[nH]c(=S)s1. The molecule has 0 bridgehead atoms. The second kappa shape index (κ2) is 24.6. The summed E-state index contributed by atoms with van der Waals surface area (Å²) in [6.45, 7) is 2.30. The molecular weight excluding hydrogens is 469 g/mol. The van der Waals surface area contributed by atoms with Gasteiger partial charge in [0.1, 0.15) is 0 Å². The van der Waals surface area contributed by atoms with Crippen LogP contribution < -0.4 is 0 Å². The molecule has 1 N–H and O–H groups in total. The number of hydrogen-bond donors (Lipinski definition) is 1. The van der Waals surface area contributed by atoms with Crippen molar-refractivity contribution in [3.8, 4) is 0 Å². The van der Waals surface area contributed by atoms with Gasteiger partial charge in [0, 0.05) is 5.75 Å². The molecule has 0 saturated heterocycles. The number of rotatable bonds is 25. The van der Waals surface area contributed by atoms with Crippen LogP contribution in [0.25, 0.3) is 0 Å². The first-order valence-electron chi connectivity index (χ1n) is 13.7. The smallest absolute Gasteiger partial charge is 0.183 e. The maximum Gasteiger partial charge on any atom is 0.183 e. The van der Waals surface area contributed by atoms with Gasteiger partial charge in [-0.25, -0.2) is 0 Å². The van der Waals surface area contributed by atoms with Gasteiger partial charge >= 0.3 is 0 Å². The molecule has 1 rings (SSSR count). The average molecular weight is 519 g/mol. The van der Waals surface area contributed by atoms with Gasteiger partial charge in [-0.3, -0.25) is 5.10 Å². The fraction of sp³-hybridized carbons (Fsp3) is 0.923. The summed E-state index contributed by atoms with van der Waals surface area (Å²) in [4.78, 5) is 0. The maximum absolute atomic E-state index is 5.05. The van der Waals surface area contributed by atoms with Crippen LogP contribution in [0.3, 0.4) is 0 Å². The number of nitrogens with zero attached hydrogens (tertiary/aromatic N) is 1. The summed E-state index contributed by atoms with van der Waals surface area (Å²) in [5, 5.41) is 7.01. The number of unbranched alkanes of at least 4 members (excludes halogenated alkanes) is 21. The van der Waals surface area contributed by atoms with Crippen molar-refractivity contribution in [1.29, 1.82) is 0 Å². The molecule has 0 spiro atoms. The zero-order chi connectivity index (χ0) is 23.0. The minimum Gasteiger partial charge on any atom is -0.257 e. The first-order valence-corrected chi connectivity index (χ1v) is 17.2. The predicted molar refractivity (Wildman–Crippen MR) is 153 cm³/mol. The van der Waals surface area contributed by atoms with Crippen LogP contribution in [0.4, 0.5) is 0 Å². The summed E-state index contributed by atoms with van der Waals surface area (Å²) in [6.07, 6.45) is 31.8. The van der Waals surface area contributed by atoms with Crippen LogP contribution in [0.2, 0.25) is 0 Å². The summed E-state index contributed by atoms with van der Waals surface area (Å²) in [5.41, 5.74) is 0. The molecule has 0 aliphatic heterocycles. The quantitative estimate of drug-likeness (QED) is 0.0791. The molecule has 0 amide bonds. The van der Waals surface area contributed by atoms with Gasteiger partial charge in [0.2, 0.25) is 0 Å². The normalized spacial score (nSPS) is 11.4. The molecule has 0 aliphatic carbocycles. The Morgan fingerprint density at radius 1 is 0.625 bits per heavy atom. The van der Waals surface area contributed by atoms with Crippen LogP contribution in [0.15, 0.2) is 4.34 Å². The minimum absolute atomic E-state index is 0.775. The van der Waals surface area contributed by atoms with E-state index in [9.17, 15) is 0 Å². The third-order valence-electron chi connectivity index (χ3n) is 6.13. The van der Waals surface area contributed by atoms with Gasteiger partial charge in [0.25, 0.3) is 0 Å². The lowest BCUT2D eigenvalue weighted by Crippen LogP contribution is -1.84. The summed E-state index contributed by atoms with van der Waals surface area (Å²) in [7, 11) is 3.67. The molecule has 0 unspecified atom stereocenters. The lowest BCUT2D eigenvalue weighted by atomic mass is 10.0. The second-order valence-corrected chi connectivity index (χ2v) is 13.5. The van der Waals surface area contributed by atoms with E-state index in [4.69, 9.17) is 12.2 Å². The van der Waals surface area contributed by atoms with Crippen molar-refractivity contribution in [3.63, 3.8) is 0 Å². The largest absolute Gasteiger partial charge is 0.257 e. The molecule has 0 atom stereocenters. The van der Waals surface area contributed by atoms with Crippen molar-refractivity contribution in [3.05, 3.63) is 3.95 Å². The van der Waals surface area contributed by atoms with Gasteiger partial charge in [-0.15, -0.1) is 0 Å². The van der Waals surface area contributed by atoms with Gasteiger partial charge in [-0.1, -0.05) is 164 Å². The van der Waals surface area contributed by atoms with Crippen LogP contribution in [-0.2, 0) is 0 Å².